The van der Waals surface area contributed by atoms with E-state index in [1.165, 1.54) is 25.7 Å². The Hall–Kier alpha value is -0.570. The first-order valence-electron chi connectivity index (χ1n) is 6.20. The van der Waals surface area contributed by atoms with E-state index in [2.05, 4.69) is 0 Å². The van der Waals surface area contributed by atoms with E-state index in [-0.39, 0.29) is 12.0 Å². The Morgan fingerprint density at radius 1 is 1.20 bits per heavy atom. The SMILES string of the molecule is CN(C(=O)C1CCC(N)C1)C1CCCC1. The maximum atomic E-state index is 12.1. The van der Waals surface area contributed by atoms with Crippen LogP contribution in [-0.4, -0.2) is 29.9 Å². The van der Waals surface area contributed by atoms with E-state index in [4.69, 9.17) is 5.73 Å². The van der Waals surface area contributed by atoms with Crippen molar-refractivity contribution < 1.29 is 4.79 Å². The molecule has 15 heavy (non-hydrogen) atoms. The smallest absolute Gasteiger partial charge is 0.225 e. The van der Waals surface area contributed by atoms with Gasteiger partial charge >= 0.3 is 0 Å². The Morgan fingerprint density at radius 2 is 1.87 bits per heavy atom. The summed E-state index contributed by atoms with van der Waals surface area (Å²) in [6.45, 7) is 0. The van der Waals surface area contributed by atoms with Crippen LogP contribution in [0.25, 0.3) is 0 Å². The van der Waals surface area contributed by atoms with E-state index >= 15 is 0 Å². The van der Waals surface area contributed by atoms with Crippen LogP contribution in [0.1, 0.15) is 44.9 Å². The number of rotatable bonds is 2. The highest BCUT2D eigenvalue weighted by Crippen LogP contribution is 2.29. The van der Waals surface area contributed by atoms with Crippen LogP contribution in [0.3, 0.4) is 0 Å². The second-order valence-corrected chi connectivity index (χ2v) is 5.16. The van der Waals surface area contributed by atoms with Crippen LogP contribution in [0.2, 0.25) is 0 Å². The van der Waals surface area contributed by atoms with Crippen LogP contribution in [0.4, 0.5) is 0 Å². The highest BCUT2D eigenvalue weighted by Gasteiger charge is 2.32. The molecule has 0 aromatic rings. The molecule has 0 radical (unpaired) electrons. The zero-order valence-corrected chi connectivity index (χ0v) is 9.61. The molecule has 2 atom stereocenters. The molecule has 0 aromatic carbocycles. The minimum Gasteiger partial charge on any atom is -0.343 e. The zero-order valence-electron chi connectivity index (χ0n) is 9.61. The highest BCUT2D eigenvalue weighted by atomic mass is 16.2. The van der Waals surface area contributed by atoms with E-state index in [1.54, 1.807) is 0 Å². The molecule has 2 unspecified atom stereocenters. The predicted molar refractivity (Wildman–Crippen MR) is 60.3 cm³/mol. The van der Waals surface area contributed by atoms with Gasteiger partial charge in [0.25, 0.3) is 0 Å². The summed E-state index contributed by atoms with van der Waals surface area (Å²) in [5.41, 5.74) is 5.85. The molecule has 3 nitrogen and oxygen atoms in total. The van der Waals surface area contributed by atoms with Crippen LogP contribution < -0.4 is 5.73 Å². The highest BCUT2D eigenvalue weighted by molar-refractivity contribution is 5.79. The molecule has 2 fully saturated rings. The maximum absolute atomic E-state index is 12.1. The number of nitrogens with two attached hydrogens (primary N) is 1. The average Bonchev–Trinajstić information content (AvgIpc) is 2.85. The average molecular weight is 210 g/mol. The Morgan fingerprint density at radius 3 is 2.40 bits per heavy atom. The van der Waals surface area contributed by atoms with Gasteiger partial charge in [0.2, 0.25) is 5.91 Å². The minimum absolute atomic E-state index is 0.214. The van der Waals surface area contributed by atoms with Crippen LogP contribution in [0.5, 0.6) is 0 Å². The Bertz CT molecular complexity index is 236. The number of carbonyl (C=O) groups excluding carboxylic acids is 1. The van der Waals surface area contributed by atoms with Crippen LogP contribution in [0.15, 0.2) is 0 Å². The summed E-state index contributed by atoms with van der Waals surface area (Å²) in [4.78, 5) is 14.1. The summed E-state index contributed by atoms with van der Waals surface area (Å²) in [7, 11) is 1.97. The third-order valence-electron chi connectivity index (χ3n) is 4.04. The van der Waals surface area contributed by atoms with Gasteiger partial charge in [-0.2, -0.15) is 0 Å². The Kier molecular flexibility index (Phi) is 3.29. The van der Waals surface area contributed by atoms with Gasteiger partial charge in [-0.1, -0.05) is 12.8 Å². The third-order valence-corrected chi connectivity index (χ3v) is 4.04. The van der Waals surface area contributed by atoms with Crippen LogP contribution >= 0.6 is 0 Å². The van der Waals surface area contributed by atoms with E-state index in [9.17, 15) is 4.79 Å². The minimum atomic E-state index is 0.214. The summed E-state index contributed by atoms with van der Waals surface area (Å²) in [6, 6.07) is 0.769. The van der Waals surface area contributed by atoms with Crippen LogP contribution in [0, 0.1) is 5.92 Å². The van der Waals surface area contributed by atoms with Gasteiger partial charge in [0.15, 0.2) is 0 Å². The van der Waals surface area contributed by atoms with Crippen molar-refractivity contribution in [3.8, 4) is 0 Å². The van der Waals surface area contributed by atoms with E-state index in [0.29, 0.717) is 11.9 Å². The molecule has 2 N–H and O–H groups in total. The van der Waals surface area contributed by atoms with Gasteiger partial charge in [-0.25, -0.2) is 0 Å². The van der Waals surface area contributed by atoms with Gasteiger partial charge in [-0.15, -0.1) is 0 Å². The number of carbonyl (C=O) groups is 1. The lowest BCUT2D eigenvalue weighted by Crippen LogP contribution is -2.39. The standard InChI is InChI=1S/C12H22N2O/c1-14(11-4-2-3-5-11)12(15)9-6-7-10(13)8-9/h9-11H,2-8,13H2,1H3. The Balaban J connectivity index is 1.89. The second-order valence-electron chi connectivity index (χ2n) is 5.16. The van der Waals surface area contributed by atoms with Gasteiger partial charge in [0.05, 0.1) is 0 Å². The fourth-order valence-corrected chi connectivity index (χ4v) is 3.00. The molecule has 0 bridgehead atoms. The lowest BCUT2D eigenvalue weighted by molar-refractivity contribution is -0.136. The molecular weight excluding hydrogens is 188 g/mol. The first-order chi connectivity index (χ1) is 7.18. The second kappa shape index (κ2) is 4.52. The summed E-state index contributed by atoms with van der Waals surface area (Å²) >= 11 is 0. The zero-order chi connectivity index (χ0) is 10.8. The fraction of sp³-hybridized carbons (Fsp3) is 0.917. The number of hydrogen-bond acceptors (Lipinski definition) is 2. The van der Waals surface area contributed by atoms with Gasteiger partial charge in [-0.3, -0.25) is 4.79 Å². The first-order valence-corrected chi connectivity index (χ1v) is 6.20. The van der Waals surface area contributed by atoms with Crippen molar-refractivity contribution in [1.82, 2.24) is 4.90 Å². The van der Waals surface area contributed by atoms with Crippen molar-refractivity contribution >= 4 is 5.91 Å². The fourth-order valence-electron chi connectivity index (χ4n) is 3.00. The van der Waals surface area contributed by atoms with Crippen molar-refractivity contribution in [1.29, 1.82) is 0 Å². The topological polar surface area (TPSA) is 46.3 Å². The number of hydrogen-bond donors (Lipinski definition) is 1. The van der Waals surface area contributed by atoms with Gasteiger partial charge in [0, 0.05) is 25.0 Å². The van der Waals surface area contributed by atoms with Gasteiger partial charge in [0.1, 0.15) is 0 Å². The molecule has 0 heterocycles. The summed E-state index contributed by atoms with van der Waals surface area (Å²) in [6.07, 6.45) is 7.88. The normalized spacial score (nSPS) is 32.1. The van der Waals surface area contributed by atoms with Crippen molar-refractivity contribution in [2.45, 2.75) is 57.0 Å². The maximum Gasteiger partial charge on any atom is 0.225 e. The molecule has 0 aliphatic heterocycles. The molecule has 86 valence electrons. The number of nitrogens with zero attached hydrogens (tertiary/aromatic N) is 1. The summed E-state index contributed by atoms with van der Waals surface area (Å²) < 4.78 is 0. The molecule has 0 spiro atoms. The predicted octanol–water partition coefficient (Wildman–Crippen LogP) is 1.51. The monoisotopic (exact) mass is 210 g/mol. The molecule has 1 amide bonds. The quantitative estimate of drug-likeness (QED) is 0.751. The lowest BCUT2D eigenvalue weighted by atomic mass is 10.0. The Labute approximate surface area is 92.0 Å². The molecule has 2 aliphatic rings. The van der Waals surface area contributed by atoms with Crippen molar-refractivity contribution in [3.05, 3.63) is 0 Å². The van der Waals surface area contributed by atoms with Crippen molar-refractivity contribution in [2.24, 2.45) is 11.7 Å². The van der Waals surface area contributed by atoms with Gasteiger partial charge < -0.3 is 10.6 Å². The molecular formula is C12H22N2O. The molecule has 0 aromatic heterocycles. The summed E-state index contributed by atoms with van der Waals surface area (Å²) in [5.74, 6) is 0.556. The van der Waals surface area contributed by atoms with Crippen LogP contribution in [-0.2, 0) is 4.79 Å². The summed E-state index contributed by atoms with van der Waals surface area (Å²) in [5, 5.41) is 0. The molecule has 2 saturated carbocycles. The molecule has 3 heteroatoms. The van der Waals surface area contributed by atoms with E-state index in [1.807, 2.05) is 11.9 Å². The molecule has 0 saturated heterocycles. The van der Waals surface area contributed by atoms with Crippen molar-refractivity contribution in [2.75, 3.05) is 7.05 Å². The van der Waals surface area contributed by atoms with Gasteiger partial charge in [-0.05, 0) is 32.1 Å². The largest absolute Gasteiger partial charge is 0.343 e. The first kappa shape index (κ1) is 10.9. The number of amides is 1. The lowest BCUT2D eigenvalue weighted by Gasteiger charge is -2.27. The molecule has 2 aliphatic carbocycles. The molecule has 2 rings (SSSR count). The third kappa shape index (κ3) is 2.33. The van der Waals surface area contributed by atoms with E-state index in [0.717, 1.165) is 19.3 Å². The van der Waals surface area contributed by atoms with E-state index < -0.39 is 0 Å². The van der Waals surface area contributed by atoms with Crippen molar-refractivity contribution in [3.63, 3.8) is 0 Å².